The second-order valence-electron chi connectivity index (χ2n) is 5.06. The average molecular weight is 310 g/mol. The number of hydrogen-bond donors (Lipinski definition) is 0. The predicted octanol–water partition coefficient (Wildman–Crippen LogP) is 3.80. The third-order valence-corrected chi connectivity index (χ3v) is 4.75. The largest absolute Gasteiger partial charge is 0.294 e. The van der Waals surface area contributed by atoms with Crippen molar-refractivity contribution in [3.63, 3.8) is 0 Å². The van der Waals surface area contributed by atoms with E-state index in [2.05, 4.69) is 4.98 Å². The molecule has 0 atom stereocenters. The average Bonchev–Trinajstić information content (AvgIpc) is 2.92. The fourth-order valence-electron chi connectivity index (χ4n) is 2.56. The highest BCUT2D eigenvalue weighted by molar-refractivity contribution is 7.25. The van der Waals surface area contributed by atoms with Gasteiger partial charge >= 0.3 is 0 Å². The summed E-state index contributed by atoms with van der Waals surface area (Å²) < 4.78 is 16.8. The molecule has 0 amide bonds. The van der Waals surface area contributed by atoms with Crippen molar-refractivity contribution in [3.05, 3.63) is 76.6 Å². The van der Waals surface area contributed by atoms with E-state index < -0.39 is 0 Å². The van der Waals surface area contributed by atoms with Gasteiger partial charge in [0.15, 0.2) is 0 Å². The lowest BCUT2D eigenvalue weighted by Gasteiger charge is -2.05. The van der Waals surface area contributed by atoms with Crippen molar-refractivity contribution in [2.75, 3.05) is 0 Å². The molecule has 0 unspecified atom stereocenters. The van der Waals surface area contributed by atoms with Crippen molar-refractivity contribution in [3.8, 4) is 0 Å². The summed E-state index contributed by atoms with van der Waals surface area (Å²) in [5, 5.41) is 0.437. The molecule has 108 valence electrons. The van der Waals surface area contributed by atoms with E-state index in [4.69, 9.17) is 0 Å². The Hall–Kier alpha value is -2.53. The number of hydrogen-bond acceptors (Lipinski definition) is 3. The van der Waals surface area contributed by atoms with Gasteiger partial charge in [-0.2, -0.15) is 0 Å². The van der Waals surface area contributed by atoms with E-state index in [9.17, 15) is 9.18 Å². The van der Waals surface area contributed by atoms with Gasteiger partial charge in [-0.15, -0.1) is 11.3 Å². The Morgan fingerprint density at radius 1 is 1.09 bits per heavy atom. The van der Waals surface area contributed by atoms with Crippen molar-refractivity contribution < 1.29 is 4.39 Å². The van der Waals surface area contributed by atoms with Gasteiger partial charge in [0.05, 0.1) is 23.8 Å². The van der Waals surface area contributed by atoms with E-state index in [1.807, 2.05) is 36.4 Å². The van der Waals surface area contributed by atoms with Gasteiger partial charge in [0.2, 0.25) is 0 Å². The van der Waals surface area contributed by atoms with Crippen LogP contribution in [0.1, 0.15) is 5.56 Å². The molecule has 0 fully saturated rings. The molecule has 0 radical (unpaired) electrons. The van der Waals surface area contributed by atoms with Gasteiger partial charge in [0.25, 0.3) is 5.56 Å². The molecule has 0 aliphatic rings. The zero-order valence-electron chi connectivity index (χ0n) is 11.5. The molecule has 4 aromatic rings. The summed E-state index contributed by atoms with van der Waals surface area (Å²) in [6.07, 6.45) is 1.50. The lowest BCUT2D eigenvalue weighted by Crippen LogP contribution is -2.20. The first-order valence-electron chi connectivity index (χ1n) is 6.84. The number of fused-ring (bicyclic) bond motifs is 3. The van der Waals surface area contributed by atoms with Gasteiger partial charge < -0.3 is 0 Å². The minimum absolute atomic E-state index is 0.130. The third-order valence-electron chi connectivity index (χ3n) is 3.62. The van der Waals surface area contributed by atoms with Crippen LogP contribution in [0.25, 0.3) is 20.3 Å². The molecule has 0 N–H and O–H groups in total. The monoisotopic (exact) mass is 310 g/mol. The van der Waals surface area contributed by atoms with E-state index >= 15 is 0 Å². The standard InChI is InChI=1S/C17H11FN2OS/c18-12-7-4-8-13-14(12)15-16(22-13)17(21)20(10-19-15)9-11-5-2-1-3-6-11/h1-8,10H,9H2. The van der Waals surface area contributed by atoms with E-state index in [1.165, 1.54) is 23.7 Å². The maximum Gasteiger partial charge on any atom is 0.271 e. The number of halogens is 1. The zero-order chi connectivity index (χ0) is 15.1. The second kappa shape index (κ2) is 5.03. The van der Waals surface area contributed by atoms with Crippen LogP contribution < -0.4 is 5.56 Å². The third kappa shape index (κ3) is 2.02. The summed E-state index contributed by atoms with van der Waals surface area (Å²) in [5.41, 5.74) is 1.35. The molecule has 0 saturated heterocycles. The smallest absolute Gasteiger partial charge is 0.271 e. The van der Waals surface area contributed by atoms with Crippen LogP contribution in [0.3, 0.4) is 0 Å². The number of aromatic nitrogens is 2. The normalized spacial score (nSPS) is 11.3. The first kappa shape index (κ1) is 13.2. The van der Waals surface area contributed by atoms with Gasteiger partial charge in [-0.05, 0) is 17.7 Å². The Balaban J connectivity index is 1.93. The summed E-state index contributed by atoms with van der Waals surface area (Å²) >= 11 is 1.29. The minimum Gasteiger partial charge on any atom is -0.294 e. The van der Waals surface area contributed by atoms with Gasteiger partial charge in [0, 0.05) is 4.70 Å². The molecule has 4 rings (SSSR count). The lowest BCUT2D eigenvalue weighted by molar-refractivity contribution is 0.640. The van der Waals surface area contributed by atoms with Crippen molar-refractivity contribution in [1.82, 2.24) is 9.55 Å². The van der Waals surface area contributed by atoms with Crippen molar-refractivity contribution in [2.45, 2.75) is 6.54 Å². The van der Waals surface area contributed by atoms with Crippen molar-refractivity contribution in [1.29, 1.82) is 0 Å². The SMILES string of the molecule is O=c1c2sc3cccc(F)c3c2ncn1Cc1ccccc1. The van der Waals surface area contributed by atoms with Crippen LogP contribution in [-0.2, 0) is 6.54 Å². The molecule has 2 heterocycles. The summed E-state index contributed by atoms with van der Waals surface area (Å²) in [7, 11) is 0. The topological polar surface area (TPSA) is 34.9 Å². The number of benzene rings is 2. The molecule has 22 heavy (non-hydrogen) atoms. The van der Waals surface area contributed by atoms with Crippen molar-refractivity contribution in [2.24, 2.45) is 0 Å². The first-order chi connectivity index (χ1) is 10.7. The second-order valence-corrected chi connectivity index (χ2v) is 6.11. The van der Waals surface area contributed by atoms with Crippen LogP contribution in [-0.4, -0.2) is 9.55 Å². The molecule has 5 heteroatoms. The Morgan fingerprint density at radius 2 is 1.91 bits per heavy atom. The van der Waals surface area contributed by atoms with Crippen LogP contribution in [0.4, 0.5) is 4.39 Å². The summed E-state index contributed by atoms with van der Waals surface area (Å²) in [4.78, 5) is 16.9. The van der Waals surface area contributed by atoms with Gasteiger partial charge in [-0.25, -0.2) is 9.37 Å². The highest BCUT2D eigenvalue weighted by Gasteiger charge is 2.14. The quantitative estimate of drug-likeness (QED) is 0.564. The fraction of sp³-hybridized carbons (Fsp3) is 0.0588. The Bertz CT molecular complexity index is 1040. The molecule has 0 saturated carbocycles. The molecular formula is C17H11FN2OS. The van der Waals surface area contributed by atoms with Gasteiger partial charge in [-0.1, -0.05) is 36.4 Å². The van der Waals surface area contributed by atoms with Gasteiger partial charge in [0.1, 0.15) is 10.5 Å². The van der Waals surface area contributed by atoms with E-state index in [0.717, 1.165) is 10.3 Å². The minimum atomic E-state index is -0.337. The van der Waals surface area contributed by atoms with E-state index in [1.54, 1.807) is 10.6 Å². The zero-order valence-corrected chi connectivity index (χ0v) is 12.3. The van der Waals surface area contributed by atoms with Crippen LogP contribution in [0.2, 0.25) is 0 Å². The molecule has 3 nitrogen and oxygen atoms in total. The summed E-state index contributed by atoms with van der Waals surface area (Å²) in [6, 6.07) is 14.6. The summed E-state index contributed by atoms with van der Waals surface area (Å²) in [5.74, 6) is -0.337. The van der Waals surface area contributed by atoms with Crippen LogP contribution in [0.5, 0.6) is 0 Å². The lowest BCUT2D eigenvalue weighted by atomic mass is 10.2. The van der Waals surface area contributed by atoms with E-state index in [0.29, 0.717) is 22.1 Å². The van der Waals surface area contributed by atoms with Crippen molar-refractivity contribution >= 4 is 31.6 Å². The van der Waals surface area contributed by atoms with Crippen LogP contribution in [0, 0.1) is 5.82 Å². The maximum atomic E-state index is 14.0. The number of thiophene rings is 1. The molecule has 0 bridgehead atoms. The van der Waals surface area contributed by atoms with Crippen LogP contribution >= 0.6 is 11.3 Å². The Morgan fingerprint density at radius 3 is 2.73 bits per heavy atom. The number of nitrogens with zero attached hydrogens (tertiary/aromatic N) is 2. The van der Waals surface area contributed by atoms with E-state index in [-0.39, 0.29) is 11.4 Å². The summed E-state index contributed by atoms with van der Waals surface area (Å²) in [6.45, 7) is 0.458. The highest BCUT2D eigenvalue weighted by atomic mass is 32.1. The molecule has 2 aromatic heterocycles. The fourth-order valence-corrected chi connectivity index (χ4v) is 3.68. The highest BCUT2D eigenvalue weighted by Crippen LogP contribution is 2.31. The molecule has 0 spiro atoms. The first-order valence-corrected chi connectivity index (χ1v) is 7.66. The Kier molecular flexibility index (Phi) is 3.01. The maximum absolute atomic E-state index is 14.0. The number of rotatable bonds is 2. The van der Waals surface area contributed by atoms with Gasteiger partial charge in [-0.3, -0.25) is 9.36 Å². The Labute approximate surface area is 129 Å². The molecule has 0 aliphatic carbocycles. The molecule has 0 aliphatic heterocycles. The predicted molar refractivity (Wildman–Crippen MR) is 86.9 cm³/mol. The molecule has 2 aromatic carbocycles. The molecular weight excluding hydrogens is 299 g/mol. The van der Waals surface area contributed by atoms with Crippen LogP contribution in [0.15, 0.2) is 59.7 Å².